The van der Waals surface area contributed by atoms with Crippen molar-refractivity contribution in [3.8, 4) is 5.75 Å². The SMILES string of the molecule is C=CCOc1ccc(S(=O)(=O)Cl)c(C)c1. The van der Waals surface area contributed by atoms with Crippen LogP contribution in [0.3, 0.4) is 0 Å². The highest BCUT2D eigenvalue weighted by Gasteiger charge is 2.13. The Hall–Kier alpha value is -1.00. The maximum Gasteiger partial charge on any atom is 0.261 e. The number of hydrogen-bond donors (Lipinski definition) is 0. The molecule has 0 aliphatic rings. The van der Waals surface area contributed by atoms with Crippen molar-refractivity contribution in [3.63, 3.8) is 0 Å². The van der Waals surface area contributed by atoms with E-state index < -0.39 is 9.05 Å². The second-order valence-electron chi connectivity index (χ2n) is 2.96. The molecular weight excluding hydrogens is 236 g/mol. The van der Waals surface area contributed by atoms with Crippen molar-refractivity contribution in [1.82, 2.24) is 0 Å². The van der Waals surface area contributed by atoms with Crippen LogP contribution in [0.5, 0.6) is 5.75 Å². The highest BCUT2D eigenvalue weighted by molar-refractivity contribution is 8.13. The lowest BCUT2D eigenvalue weighted by Gasteiger charge is -2.06. The molecule has 0 spiro atoms. The predicted octanol–water partition coefficient (Wildman–Crippen LogP) is 2.49. The van der Waals surface area contributed by atoms with Crippen molar-refractivity contribution < 1.29 is 13.2 Å². The van der Waals surface area contributed by atoms with Gasteiger partial charge >= 0.3 is 0 Å². The average Bonchev–Trinajstić information content (AvgIpc) is 2.12. The van der Waals surface area contributed by atoms with Gasteiger partial charge in [0.2, 0.25) is 0 Å². The Morgan fingerprint density at radius 3 is 2.67 bits per heavy atom. The van der Waals surface area contributed by atoms with Crippen LogP contribution in [0.2, 0.25) is 0 Å². The van der Waals surface area contributed by atoms with Crippen LogP contribution in [0.15, 0.2) is 35.7 Å². The molecule has 0 radical (unpaired) electrons. The van der Waals surface area contributed by atoms with Crippen molar-refractivity contribution in [2.45, 2.75) is 11.8 Å². The smallest absolute Gasteiger partial charge is 0.261 e. The number of halogens is 1. The summed E-state index contributed by atoms with van der Waals surface area (Å²) < 4.78 is 27.4. The van der Waals surface area contributed by atoms with E-state index in [0.717, 1.165) is 0 Å². The lowest BCUT2D eigenvalue weighted by molar-refractivity contribution is 0.362. The molecule has 3 nitrogen and oxygen atoms in total. The molecule has 5 heteroatoms. The molecule has 0 N–H and O–H groups in total. The Bertz CT molecular complexity index is 466. The minimum absolute atomic E-state index is 0.107. The molecule has 1 aromatic rings. The Morgan fingerprint density at radius 2 is 2.20 bits per heavy atom. The Morgan fingerprint density at radius 1 is 1.53 bits per heavy atom. The van der Waals surface area contributed by atoms with Gasteiger partial charge in [-0.15, -0.1) is 0 Å². The number of hydrogen-bond acceptors (Lipinski definition) is 3. The fourth-order valence-electron chi connectivity index (χ4n) is 1.14. The van der Waals surface area contributed by atoms with Crippen LogP contribution in [0.25, 0.3) is 0 Å². The summed E-state index contributed by atoms with van der Waals surface area (Å²) >= 11 is 0. The fourth-order valence-corrected chi connectivity index (χ4v) is 2.33. The monoisotopic (exact) mass is 246 g/mol. The summed E-state index contributed by atoms with van der Waals surface area (Å²) in [5.74, 6) is 0.594. The molecule has 0 bridgehead atoms. The van der Waals surface area contributed by atoms with Crippen molar-refractivity contribution in [1.29, 1.82) is 0 Å². The van der Waals surface area contributed by atoms with Gasteiger partial charge in [-0.3, -0.25) is 0 Å². The first-order chi connectivity index (χ1) is 6.95. The van der Waals surface area contributed by atoms with Crippen LogP contribution in [0, 0.1) is 6.92 Å². The maximum atomic E-state index is 11.1. The highest BCUT2D eigenvalue weighted by Crippen LogP contribution is 2.23. The molecule has 0 saturated heterocycles. The summed E-state index contributed by atoms with van der Waals surface area (Å²) in [6.45, 7) is 5.56. The van der Waals surface area contributed by atoms with Gasteiger partial charge in [-0.1, -0.05) is 12.7 Å². The number of rotatable bonds is 4. The van der Waals surface area contributed by atoms with Crippen LogP contribution in [-0.4, -0.2) is 15.0 Å². The van der Waals surface area contributed by atoms with Crippen LogP contribution in [-0.2, 0) is 9.05 Å². The van der Waals surface area contributed by atoms with Crippen molar-refractivity contribution in [3.05, 3.63) is 36.4 Å². The highest BCUT2D eigenvalue weighted by atomic mass is 35.7. The summed E-state index contributed by atoms with van der Waals surface area (Å²) in [5, 5.41) is 0. The lowest BCUT2D eigenvalue weighted by Crippen LogP contribution is -1.97. The summed E-state index contributed by atoms with van der Waals surface area (Å²) in [6, 6.07) is 4.61. The Labute approximate surface area is 93.7 Å². The van der Waals surface area contributed by atoms with Crippen LogP contribution in [0.4, 0.5) is 0 Å². The predicted molar refractivity (Wildman–Crippen MR) is 59.9 cm³/mol. The standard InChI is InChI=1S/C10H11ClO3S/c1-3-6-14-9-4-5-10(8(2)7-9)15(11,12)13/h3-5,7H,1,6H2,2H3. The van der Waals surface area contributed by atoms with Crippen LogP contribution < -0.4 is 4.74 Å². The van der Waals surface area contributed by atoms with Gasteiger partial charge < -0.3 is 4.74 Å². The van der Waals surface area contributed by atoms with E-state index in [1.54, 1.807) is 25.1 Å². The third-order valence-electron chi connectivity index (χ3n) is 1.78. The van der Waals surface area contributed by atoms with Gasteiger partial charge in [0.05, 0.1) is 4.90 Å². The zero-order valence-electron chi connectivity index (χ0n) is 8.23. The molecule has 15 heavy (non-hydrogen) atoms. The zero-order valence-corrected chi connectivity index (χ0v) is 9.81. The molecule has 0 atom stereocenters. The quantitative estimate of drug-likeness (QED) is 0.606. The first-order valence-electron chi connectivity index (χ1n) is 4.24. The first kappa shape index (κ1) is 12.1. The topological polar surface area (TPSA) is 43.4 Å². The molecule has 1 aromatic carbocycles. The third-order valence-corrected chi connectivity index (χ3v) is 3.26. The summed E-state index contributed by atoms with van der Waals surface area (Å²) in [6.07, 6.45) is 1.61. The van der Waals surface area contributed by atoms with Gasteiger partial charge in [0.25, 0.3) is 9.05 Å². The van der Waals surface area contributed by atoms with E-state index in [9.17, 15) is 8.42 Å². The summed E-state index contributed by atoms with van der Waals surface area (Å²) in [4.78, 5) is 0.107. The van der Waals surface area contributed by atoms with E-state index in [0.29, 0.717) is 17.9 Å². The second-order valence-corrected chi connectivity index (χ2v) is 5.50. The van der Waals surface area contributed by atoms with E-state index in [-0.39, 0.29) is 4.90 Å². The van der Waals surface area contributed by atoms with Crippen molar-refractivity contribution >= 4 is 19.7 Å². The molecule has 0 aliphatic carbocycles. The molecule has 0 amide bonds. The summed E-state index contributed by atoms with van der Waals surface area (Å²) in [5.41, 5.74) is 0.562. The Kier molecular flexibility index (Phi) is 3.77. The molecule has 82 valence electrons. The fraction of sp³-hybridized carbons (Fsp3) is 0.200. The van der Waals surface area contributed by atoms with E-state index in [2.05, 4.69) is 6.58 Å². The molecule has 0 unspecified atom stereocenters. The first-order valence-corrected chi connectivity index (χ1v) is 6.55. The van der Waals surface area contributed by atoms with Crippen LogP contribution in [0.1, 0.15) is 5.56 Å². The van der Waals surface area contributed by atoms with Gasteiger partial charge in [-0.2, -0.15) is 0 Å². The lowest BCUT2D eigenvalue weighted by atomic mass is 10.2. The molecule has 1 rings (SSSR count). The van der Waals surface area contributed by atoms with Crippen molar-refractivity contribution in [2.75, 3.05) is 6.61 Å². The molecular formula is C10H11ClO3S. The third kappa shape index (κ3) is 3.25. The summed E-state index contributed by atoms with van der Waals surface area (Å²) in [7, 11) is 1.56. The minimum Gasteiger partial charge on any atom is -0.490 e. The van der Waals surface area contributed by atoms with Crippen LogP contribution >= 0.6 is 10.7 Å². The molecule has 0 saturated carbocycles. The number of aryl methyl sites for hydroxylation is 1. The average molecular weight is 247 g/mol. The molecule has 0 aromatic heterocycles. The molecule has 0 aliphatic heterocycles. The largest absolute Gasteiger partial charge is 0.490 e. The van der Waals surface area contributed by atoms with Gasteiger partial charge in [0, 0.05) is 10.7 Å². The van der Waals surface area contributed by atoms with Crippen molar-refractivity contribution in [2.24, 2.45) is 0 Å². The van der Waals surface area contributed by atoms with Gasteiger partial charge in [-0.25, -0.2) is 8.42 Å². The maximum absolute atomic E-state index is 11.1. The molecule has 0 fully saturated rings. The second kappa shape index (κ2) is 4.68. The normalized spacial score (nSPS) is 11.1. The van der Waals surface area contributed by atoms with E-state index >= 15 is 0 Å². The Balaban J connectivity index is 3.04. The van der Waals surface area contributed by atoms with Gasteiger partial charge in [0.1, 0.15) is 12.4 Å². The minimum atomic E-state index is -3.67. The van der Waals surface area contributed by atoms with Gasteiger partial charge in [-0.05, 0) is 30.7 Å². The van der Waals surface area contributed by atoms with E-state index in [1.165, 1.54) is 6.07 Å². The zero-order chi connectivity index (χ0) is 11.5. The van der Waals surface area contributed by atoms with E-state index in [1.807, 2.05) is 0 Å². The molecule has 0 heterocycles. The van der Waals surface area contributed by atoms with E-state index in [4.69, 9.17) is 15.4 Å². The number of ether oxygens (including phenoxy) is 1. The van der Waals surface area contributed by atoms with Gasteiger partial charge in [0.15, 0.2) is 0 Å². The number of benzene rings is 1.